The molecule has 0 aliphatic carbocycles. The van der Waals surface area contributed by atoms with Gasteiger partial charge in [-0.05, 0) is 24.3 Å². The number of nitrogens with zero attached hydrogens (tertiary/aromatic N) is 1. The third-order valence-corrected chi connectivity index (χ3v) is 3.02. The predicted octanol–water partition coefficient (Wildman–Crippen LogP) is 1.93. The third kappa shape index (κ3) is 3.74. The van der Waals surface area contributed by atoms with Gasteiger partial charge in [0, 0.05) is 12.4 Å². The highest BCUT2D eigenvalue weighted by molar-refractivity contribution is 7.98. The molecule has 1 heterocycles. The lowest BCUT2D eigenvalue weighted by Gasteiger charge is -2.03. The van der Waals surface area contributed by atoms with E-state index in [9.17, 15) is 0 Å². The van der Waals surface area contributed by atoms with E-state index in [1.807, 2.05) is 0 Å². The van der Waals surface area contributed by atoms with Crippen molar-refractivity contribution in [3.05, 3.63) is 22.8 Å². The summed E-state index contributed by atoms with van der Waals surface area (Å²) in [7, 11) is 0. The van der Waals surface area contributed by atoms with Crippen molar-refractivity contribution in [1.29, 1.82) is 0 Å². The van der Waals surface area contributed by atoms with Crippen LogP contribution < -0.4 is 5.73 Å². The first kappa shape index (κ1) is 11.6. The Hall–Kier alpha value is -0.450. The Bertz CT molecular complexity index is 296. The standard InChI is InChI=1S/C9H13ClN2OS/c10-7-2-3-9(11)12-8(7)6-14-5-1-4-13/h2-3,13H,1,4-6H2,(H2,11,12). The van der Waals surface area contributed by atoms with Crippen molar-refractivity contribution in [3.8, 4) is 0 Å². The number of halogens is 1. The van der Waals surface area contributed by atoms with Crippen LogP contribution in [0.25, 0.3) is 0 Å². The number of aliphatic hydroxyl groups excluding tert-OH is 1. The Morgan fingerprint density at radius 1 is 1.50 bits per heavy atom. The first-order chi connectivity index (χ1) is 6.74. The molecule has 0 unspecified atom stereocenters. The minimum absolute atomic E-state index is 0.227. The molecule has 0 fully saturated rings. The molecular weight excluding hydrogens is 220 g/mol. The molecule has 0 amide bonds. The molecule has 3 N–H and O–H groups in total. The number of aliphatic hydroxyl groups is 1. The van der Waals surface area contributed by atoms with E-state index < -0.39 is 0 Å². The number of hydrogen-bond donors (Lipinski definition) is 2. The number of hydrogen-bond acceptors (Lipinski definition) is 4. The van der Waals surface area contributed by atoms with Crippen molar-refractivity contribution in [1.82, 2.24) is 4.98 Å². The summed E-state index contributed by atoms with van der Waals surface area (Å²) in [5, 5.41) is 9.24. The zero-order chi connectivity index (χ0) is 10.4. The highest BCUT2D eigenvalue weighted by Crippen LogP contribution is 2.20. The van der Waals surface area contributed by atoms with E-state index in [0.717, 1.165) is 23.6 Å². The fraction of sp³-hybridized carbons (Fsp3) is 0.444. The molecule has 78 valence electrons. The predicted molar refractivity (Wildman–Crippen MR) is 61.5 cm³/mol. The number of nitrogens with two attached hydrogens (primary N) is 1. The Kier molecular flexibility index (Phi) is 5.07. The van der Waals surface area contributed by atoms with Crippen LogP contribution in [0.5, 0.6) is 0 Å². The van der Waals surface area contributed by atoms with Crippen LogP contribution in [0.3, 0.4) is 0 Å². The SMILES string of the molecule is Nc1ccc(Cl)c(CSCCCO)n1. The minimum Gasteiger partial charge on any atom is -0.396 e. The zero-order valence-electron chi connectivity index (χ0n) is 7.74. The molecule has 1 aromatic heterocycles. The average Bonchev–Trinajstić information content (AvgIpc) is 2.18. The van der Waals surface area contributed by atoms with Crippen molar-refractivity contribution < 1.29 is 5.11 Å². The zero-order valence-corrected chi connectivity index (χ0v) is 9.31. The van der Waals surface area contributed by atoms with Crippen LogP contribution in [-0.2, 0) is 5.75 Å². The van der Waals surface area contributed by atoms with Gasteiger partial charge in [-0.3, -0.25) is 0 Å². The number of rotatable bonds is 5. The average molecular weight is 233 g/mol. The first-order valence-electron chi connectivity index (χ1n) is 4.33. The van der Waals surface area contributed by atoms with Gasteiger partial charge in [-0.15, -0.1) is 0 Å². The Morgan fingerprint density at radius 2 is 2.29 bits per heavy atom. The van der Waals surface area contributed by atoms with Gasteiger partial charge >= 0.3 is 0 Å². The van der Waals surface area contributed by atoms with E-state index in [1.165, 1.54) is 0 Å². The lowest BCUT2D eigenvalue weighted by Crippen LogP contribution is -1.96. The Morgan fingerprint density at radius 3 is 3.00 bits per heavy atom. The summed E-state index contributed by atoms with van der Waals surface area (Å²) in [6, 6.07) is 3.44. The largest absolute Gasteiger partial charge is 0.396 e. The van der Waals surface area contributed by atoms with Crippen molar-refractivity contribution in [2.45, 2.75) is 12.2 Å². The monoisotopic (exact) mass is 232 g/mol. The first-order valence-corrected chi connectivity index (χ1v) is 5.87. The molecule has 5 heteroatoms. The van der Waals surface area contributed by atoms with E-state index >= 15 is 0 Å². The van der Waals surface area contributed by atoms with Gasteiger partial charge in [0.15, 0.2) is 0 Å². The maximum absolute atomic E-state index is 8.59. The van der Waals surface area contributed by atoms with E-state index in [4.69, 9.17) is 22.4 Å². The van der Waals surface area contributed by atoms with Gasteiger partial charge in [-0.25, -0.2) is 4.98 Å². The molecule has 3 nitrogen and oxygen atoms in total. The quantitative estimate of drug-likeness (QED) is 0.762. The maximum atomic E-state index is 8.59. The molecule has 0 saturated heterocycles. The third-order valence-electron chi connectivity index (χ3n) is 1.63. The van der Waals surface area contributed by atoms with Crippen LogP contribution >= 0.6 is 23.4 Å². The molecule has 0 aromatic carbocycles. The van der Waals surface area contributed by atoms with Crippen molar-refractivity contribution in [3.63, 3.8) is 0 Å². The molecule has 1 rings (SSSR count). The van der Waals surface area contributed by atoms with Crippen molar-refractivity contribution in [2.24, 2.45) is 0 Å². The van der Waals surface area contributed by atoms with Gasteiger partial charge in [-0.1, -0.05) is 11.6 Å². The number of pyridine rings is 1. The summed E-state index contributed by atoms with van der Waals surface area (Å²) in [6.45, 7) is 0.227. The lowest BCUT2D eigenvalue weighted by atomic mass is 10.4. The smallest absolute Gasteiger partial charge is 0.123 e. The maximum Gasteiger partial charge on any atom is 0.123 e. The van der Waals surface area contributed by atoms with Gasteiger partial charge < -0.3 is 10.8 Å². The van der Waals surface area contributed by atoms with Crippen LogP contribution in [0.2, 0.25) is 5.02 Å². The second-order valence-electron chi connectivity index (χ2n) is 2.79. The number of thioether (sulfide) groups is 1. The molecule has 0 aliphatic heterocycles. The van der Waals surface area contributed by atoms with E-state index in [2.05, 4.69) is 4.98 Å². The highest BCUT2D eigenvalue weighted by Gasteiger charge is 2.02. The Balaban J connectivity index is 2.45. The summed E-state index contributed by atoms with van der Waals surface area (Å²) in [5.41, 5.74) is 6.35. The van der Waals surface area contributed by atoms with Crippen LogP contribution in [0.15, 0.2) is 12.1 Å². The normalized spacial score (nSPS) is 10.4. The Labute approximate surface area is 92.7 Å². The van der Waals surface area contributed by atoms with E-state index in [1.54, 1.807) is 23.9 Å². The molecule has 1 aromatic rings. The molecule has 0 bridgehead atoms. The molecule has 14 heavy (non-hydrogen) atoms. The molecular formula is C9H13ClN2OS. The minimum atomic E-state index is 0.227. The summed E-state index contributed by atoms with van der Waals surface area (Å²) >= 11 is 7.62. The fourth-order valence-electron chi connectivity index (χ4n) is 0.938. The molecule has 0 atom stereocenters. The lowest BCUT2D eigenvalue weighted by molar-refractivity contribution is 0.296. The second kappa shape index (κ2) is 6.11. The molecule has 0 saturated carbocycles. The second-order valence-corrected chi connectivity index (χ2v) is 4.31. The number of anilines is 1. The van der Waals surface area contributed by atoms with Gasteiger partial charge in [0.2, 0.25) is 0 Å². The highest BCUT2D eigenvalue weighted by atomic mass is 35.5. The topological polar surface area (TPSA) is 59.1 Å². The van der Waals surface area contributed by atoms with Crippen molar-refractivity contribution >= 4 is 29.2 Å². The van der Waals surface area contributed by atoms with Gasteiger partial charge in [-0.2, -0.15) is 11.8 Å². The van der Waals surface area contributed by atoms with Crippen LogP contribution in [-0.4, -0.2) is 22.5 Å². The van der Waals surface area contributed by atoms with Gasteiger partial charge in [0.05, 0.1) is 10.7 Å². The van der Waals surface area contributed by atoms with E-state index in [0.29, 0.717) is 10.8 Å². The summed E-state index contributed by atoms with van der Waals surface area (Å²) in [5.74, 6) is 2.14. The molecule has 0 spiro atoms. The summed E-state index contributed by atoms with van der Waals surface area (Å²) < 4.78 is 0. The van der Waals surface area contributed by atoms with Gasteiger partial charge in [0.25, 0.3) is 0 Å². The summed E-state index contributed by atoms with van der Waals surface area (Å²) in [4.78, 5) is 4.13. The number of aromatic nitrogens is 1. The number of nitrogen functional groups attached to an aromatic ring is 1. The van der Waals surface area contributed by atoms with Crippen molar-refractivity contribution in [2.75, 3.05) is 18.1 Å². The van der Waals surface area contributed by atoms with Gasteiger partial charge in [0.1, 0.15) is 5.82 Å². The molecule has 0 radical (unpaired) electrons. The van der Waals surface area contributed by atoms with E-state index in [-0.39, 0.29) is 6.61 Å². The van der Waals surface area contributed by atoms with Crippen LogP contribution in [0.1, 0.15) is 12.1 Å². The van der Waals surface area contributed by atoms with Crippen LogP contribution in [0.4, 0.5) is 5.82 Å². The van der Waals surface area contributed by atoms with Crippen LogP contribution in [0, 0.1) is 0 Å². The summed E-state index contributed by atoms with van der Waals surface area (Å²) in [6.07, 6.45) is 0.796. The molecule has 0 aliphatic rings. The fourth-order valence-corrected chi connectivity index (χ4v) is 2.08.